The van der Waals surface area contributed by atoms with Crippen LogP contribution in [0, 0.1) is 23.7 Å². The summed E-state index contributed by atoms with van der Waals surface area (Å²) in [7, 11) is 0. The summed E-state index contributed by atoms with van der Waals surface area (Å²) >= 11 is 6.00. The van der Waals surface area contributed by atoms with Gasteiger partial charge in [0.2, 0.25) is 11.8 Å². The predicted molar refractivity (Wildman–Crippen MR) is 85.4 cm³/mol. The van der Waals surface area contributed by atoms with E-state index in [1.54, 1.807) is 24.3 Å². The molecule has 4 rings (SSSR count). The topological polar surface area (TPSA) is 37.4 Å². The normalized spacial score (nSPS) is 32.1. The van der Waals surface area contributed by atoms with Gasteiger partial charge < -0.3 is 0 Å². The van der Waals surface area contributed by atoms with E-state index in [9.17, 15) is 9.59 Å². The monoisotopic (exact) mass is 313 g/mol. The van der Waals surface area contributed by atoms with Gasteiger partial charge in [-0.25, -0.2) is 4.90 Å². The van der Waals surface area contributed by atoms with Gasteiger partial charge in [-0.2, -0.15) is 0 Å². The molecule has 0 spiro atoms. The van der Waals surface area contributed by atoms with E-state index in [4.69, 9.17) is 11.6 Å². The zero-order valence-electron chi connectivity index (χ0n) is 12.4. The Morgan fingerprint density at radius 2 is 1.64 bits per heavy atom. The van der Waals surface area contributed by atoms with Crippen molar-refractivity contribution < 1.29 is 9.59 Å². The molecule has 3 nitrogen and oxygen atoms in total. The minimum Gasteiger partial charge on any atom is -0.274 e. The Bertz CT molecular complexity index is 726. The third-order valence-electron chi connectivity index (χ3n) is 5.06. The number of anilines is 1. The lowest BCUT2D eigenvalue weighted by Crippen LogP contribution is -2.33. The molecule has 112 valence electrons. The van der Waals surface area contributed by atoms with Crippen LogP contribution in [0.25, 0.3) is 0 Å². The number of allylic oxidation sites excluding steroid dienone is 4. The van der Waals surface area contributed by atoms with Crippen molar-refractivity contribution in [3.8, 4) is 0 Å². The first-order chi connectivity index (χ1) is 10.5. The number of hydrogen-bond acceptors (Lipinski definition) is 2. The molecule has 1 aromatic carbocycles. The van der Waals surface area contributed by atoms with Gasteiger partial charge in [0, 0.05) is 16.9 Å². The highest BCUT2D eigenvalue weighted by atomic mass is 35.5. The maximum absolute atomic E-state index is 12.9. The maximum atomic E-state index is 12.9. The molecule has 0 N–H and O–H groups in total. The zero-order chi connectivity index (χ0) is 15.6. The van der Waals surface area contributed by atoms with Gasteiger partial charge in [-0.05, 0) is 32.0 Å². The second kappa shape index (κ2) is 4.56. The van der Waals surface area contributed by atoms with Gasteiger partial charge in [0.15, 0.2) is 0 Å². The standard InChI is InChI=1S/C18H16ClNO2/c1-9(2)14-12-6-7-13(14)16-15(12)17(21)20(18(16)22)11-5-3-4-10(19)8-11/h3-8,12-13,15-16H,1-2H3/t12-,13+,15-,16-/m0/s1. The molecular weight excluding hydrogens is 298 g/mol. The average molecular weight is 314 g/mol. The number of imide groups is 1. The molecule has 0 aromatic heterocycles. The van der Waals surface area contributed by atoms with E-state index in [1.165, 1.54) is 16.0 Å². The van der Waals surface area contributed by atoms with Gasteiger partial charge in [-0.15, -0.1) is 0 Å². The molecule has 1 saturated heterocycles. The molecule has 2 fully saturated rings. The van der Waals surface area contributed by atoms with Crippen LogP contribution in [0.3, 0.4) is 0 Å². The lowest BCUT2D eigenvalue weighted by molar-refractivity contribution is -0.122. The Hall–Kier alpha value is -1.87. The van der Waals surface area contributed by atoms with Gasteiger partial charge in [-0.3, -0.25) is 9.59 Å². The second-order valence-corrected chi connectivity index (χ2v) is 6.87. The van der Waals surface area contributed by atoms with E-state index >= 15 is 0 Å². The molecule has 0 unspecified atom stereocenters. The summed E-state index contributed by atoms with van der Waals surface area (Å²) in [5, 5.41) is 0.529. The van der Waals surface area contributed by atoms with Gasteiger partial charge in [0.25, 0.3) is 0 Å². The fraction of sp³-hybridized carbons (Fsp3) is 0.333. The molecule has 2 amide bonds. The molecule has 1 aliphatic heterocycles. The summed E-state index contributed by atoms with van der Waals surface area (Å²) in [6.07, 6.45) is 4.20. The Labute approximate surface area is 134 Å². The van der Waals surface area contributed by atoms with Crippen LogP contribution >= 0.6 is 11.6 Å². The first-order valence-corrected chi connectivity index (χ1v) is 7.87. The summed E-state index contributed by atoms with van der Waals surface area (Å²) in [6, 6.07) is 6.94. The molecule has 22 heavy (non-hydrogen) atoms. The van der Waals surface area contributed by atoms with Crippen molar-refractivity contribution in [3.05, 3.63) is 52.6 Å². The van der Waals surface area contributed by atoms with Crippen LogP contribution in [0.1, 0.15) is 13.8 Å². The molecule has 2 bridgehead atoms. The van der Waals surface area contributed by atoms with E-state index in [0.29, 0.717) is 10.7 Å². The highest BCUT2D eigenvalue weighted by Crippen LogP contribution is 2.57. The Morgan fingerprint density at radius 3 is 2.14 bits per heavy atom. The number of amides is 2. The average Bonchev–Trinajstić information content (AvgIpc) is 3.09. The van der Waals surface area contributed by atoms with Crippen molar-refractivity contribution in [1.29, 1.82) is 0 Å². The number of benzene rings is 1. The summed E-state index contributed by atoms with van der Waals surface area (Å²) in [5.41, 5.74) is 3.07. The molecular formula is C18H16ClNO2. The van der Waals surface area contributed by atoms with Gasteiger partial charge in [0.05, 0.1) is 17.5 Å². The zero-order valence-corrected chi connectivity index (χ0v) is 13.2. The summed E-state index contributed by atoms with van der Waals surface area (Å²) in [5.74, 6) is -0.500. The number of nitrogens with zero attached hydrogens (tertiary/aromatic N) is 1. The number of carbonyl (C=O) groups is 2. The van der Waals surface area contributed by atoms with Crippen LogP contribution in [-0.2, 0) is 9.59 Å². The highest BCUT2D eigenvalue weighted by molar-refractivity contribution is 6.31. The first kappa shape index (κ1) is 13.8. The Morgan fingerprint density at radius 1 is 1.05 bits per heavy atom. The van der Waals surface area contributed by atoms with Gasteiger partial charge >= 0.3 is 0 Å². The van der Waals surface area contributed by atoms with Gasteiger partial charge in [0.1, 0.15) is 0 Å². The second-order valence-electron chi connectivity index (χ2n) is 6.44. The molecule has 1 saturated carbocycles. The molecule has 1 heterocycles. The molecule has 1 aromatic rings. The van der Waals surface area contributed by atoms with Crippen molar-refractivity contribution in [2.75, 3.05) is 4.90 Å². The Balaban J connectivity index is 1.78. The SMILES string of the molecule is CC(C)=C1[C@H]2C=C[C@@H]1[C@@H]1C(=O)N(c3cccc(Cl)c3)C(=O)[C@H]12. The highest BCUT2D eigenvalue weighted by Gasteiger charge is 2.61. The first-order valence-electron chi connectivity index (χ1n) is 7.49. The number of carbonyl (C=O) groups excluding carboxylic acids is 2. The van der Waals surface area contributed by atoms with Gasteiger partial charge in [-0.1, -0.05) is 41.0 Å². The minimum atomic E-state index is -0.244. The lowest BCUT2D eigenvalue weighted by atomic mass is 9.85. The van der Waals surface area contributed by atoms with Crippen LogP contribution in [0.5, 0.6) is 0 Å². The lowest BCUT2D eigenvalue weighted by Gasteiger charge is -2.19. The van der Waals surface area contributed by atoms with E-state index in [-0.39, 0.29) is 35.5 Å². The van der Waals surface area contributed by atoms with Crippen molar-refractivity contribution in [2.24, 2.45) is 23.7 Å². The molecule has 2 aliphatic carbocycles. The summed E-state index contributed by atoms with van der Waals surface area (Å²) < 4.78 is 0. The predicted octanol–water partition coefficient (Wildman–Crippen LogP) is 3.60. The number of hydrogen-bond donors (Lipinski definition) is 0. The summed E-state index contributed by atoms with van der Waals surface area (Å²) in [4.78, 5) is 27.1. The van der Waals surface area contributed by atoms with E-state index in [0.717, 1.165) is 0 Å². The minimum absolute atomic E-state index is 0.0839. The van der Waals surface area contributed by atoms with Crippen molar-refractivity contribution >= 4 is 29.1 Å². The van der Waals surface area contributed by atoms with Crippen LogP contribution in [0.2, 0.25) is 5.02 Å². The third-order valence-corrected chi connectivity index (χ3v) is 5.29. The molecule has 4 atom stereocenters. The third kappa shape index (κ3) is 1.63. The maximum Gasteiger partial charge on any atom is 0.238 e. The van der Waals surface area contributed by atoms with Crippen LogP contribution in [0.4, 0.5) is 5.69 Å². The fourth-order valence-electron chi connectivity index (χ4n) is 4.30. The van der Waals surface area contributed by atoms with Crippen LogP contribution < -0.4 is 4.90 Å². The van der Waals surface area contributed by atoms with Crippen molar-refractivity contribution in [1.82, 2.24) is 0 Å². The van der Waals surface area contributed by atoms with E-state index in [2.05, 4.69) is 26.0 Å². The van der Waals surface area contributed by atoms with Crippen LogP contribution in [-0.4, -0.2) is 11.8 Å². The number of rotatable bonds is 1. The molecule has 4 heteroatoms. The molecule has 3 aliphatic rings. The Kier molecular flexibility index (Phi) is 2.85. The van der Waals surface area contributed by atoms with E-state index < -0.39 is 0 Å². The van der Waals surface area contributed by atoms with Crippen LogP contribution in [0.15, 0.2) is 47.6 Å². The smallest absolute Gasteiger partial charge is 0.238 e. The largest absolute Gasteiger partial charge is 0.274 e. The fourth-order valence-corrected chi connectivity index (χ4v) is 4.48. The summed E-state index contributed by atoms with van der Waals surface area (Å²) in [6.45, 7) is 4.13. The van der Waals surface area contributed by atoms with Crippen molar-refractivity contribution in [2.45, 2.75) is 13.8 Å². The number of halogens is 1. The number of fused-ring (bicyclic) bond motifs is 5. The molecule has 0 radical (unpaired) electrons. The van der Waals surface area contributed by atoms with Crippen molar-refractivity contribution in [3.63, 3.8) is 0 Å². The van der Waals surface area contributed by atoms with E-state index in [1.807, 2.05) is 0 Å². The quantitative estimate of drug-likeness (QED) is 0.587.